The van der Waals surface area contributed by atoms with Crippen molar-refractivity contribution in [2.24, 2.45) is 0 Å². The molecule has 0 spiro atoms. The number of aromatic amines is 1. The van der Waals surface area contributed by atoms with Gasteiger partial charge in [-0.3, -0.25) is 0 Å². The number of fused-ring (bicyclic) bond motifs is 2. The van der Waals surface area contributed by atoms with Crippen LogP contribution in [0, 0.1) is 0 Å². The first kappa shape index (κ1) is 19.7. The lowest BCUT2D eigenvalue weighted by atomic mass is 10.0. The summed E-state index contributed by atoms with van der Waals surface area (Å²) < 4.78 is 1.44. The zero-order valence-electron chi connectivity index (χ0n) is 17.3. The molecule has 0 bridgehead atoms. The topological polar surface area (TPSA) is 15.8 Å². The molecule has 0 aliphatic heterocycles. The van der Waals surface area contributed by atoms with Crippen LogP contribution >= 0.6 is 11.3 Å². The van der Waals surface area contributed by atoms with Gasteiger partial charge in [-0.1, -0.05) is 59.7 Å². The first-order chi connectivity index (χ1) is 12.8. The van der Waals surface area contributed by atoms with Gasteiger partial charge in [-0.2, -0.15) is 0 Å². The molecule has 4 aromatic rings. The third kappa shape index (κ3) is 4.62. The summed E-state index contributed by atoms with van der Waals surface area (Å²) in [4.78, 5) is 4.68. The van der Waals surface area contributed by atoms with Gasteiger partial charge in [0.05, 0.1) is 0 Å². The molecule has 142 valence electrons. The minimum absolute atomic E-state index is 0.615. The lowest BCUT2D eigenvalue weighted by Crippen LogP contribution is -1.85. The second-order valence-corrected chi connectivity index (χ2v) is 9.35. The van der Waals surface area contributed by atoms with Gasteiger partial charge in [-0.25, -0.2) is 0 Å². The highest BCUT2D eigenvalue weighted by molar-refractivity contribution is 7.19. The van der Waals surface area contributed by atoms with Crippen molar-refractivity contribution in [2.45, 2.75) is 59.3 Å². The molecule has 0 amide bonds. The monoisotopic (exact) mass is 377 g/mol. The van der Waals surface area contributed by atoms with Crippen molar-refractivity contribution in [3.05, 3.63) is 70.7 Å². The van der Waals surface area contributed by atoms with Crippen molar-refractivity contribution in [3.63, 3.8) is 0 Å². The molecule has 0 saturated heterocycles. The van der Waals surface area contributed by atoms with Gasteiger partial charge >= 0.3 is 0 Å². The molecule has 0 saturated carbocycles. The molecular formula is C25H31NS. The van der Waals surface area contributed by atoms with Gasteiger partial charge in [0.2, 0.25) is 0 Å². The maximum atomic E-state index is 3.19. The average Bonchev–Trinajstić information content (AvgIpc) is 3.27. The standard InChI is InChI=1S/C14H18S.C11H13N/c1-9(2)11-5-6-12-8-13(10(3)4)15-14(12)7-11;1-8(2)9-3-4-11-10(7-9)5-6-12-11/h5-10H,1-4H3;3-8,12H,1-2H3. The van der Waals surface area contributed by atoms with E-state index in [2.05, 4.69) is 95.1 Å². The number of aromatic nitrogens is 1. The van der Waals surface area contributed by atoms with Gasteiger partial charge in [0, 0.05) is 21.3 Å². The maximum Gasteiger partial charge on any atom is 0.0454 e. The Morgan fingerprint density at radius 1 is 0.667 bits per heavy atom. The molecule has 2 aromatic heterocycles. The third-order valence-electron chi connectivity index (χ3n) is 5.04. The molecule has 0 atom stereocenters. The lowest BCUT2D eigenvalue weighted by Gasteiger charge is -2.03. The van der Waals surface area contributed by atoms with E-state index in [1.807, 2.05) is 17.5 Å². The first-order valence-electron chi connectivity index (χ1n) is 9.95. The molecule has 0 aliphatic carbocycles. The molecular weight excluding hydrogens is 346 g/mol. The van der Waals surface area contributed by atoms with Crippen molar-refractivity contribution in [2.75, 3.05) is 0 Å². The van der Waals surface area contributed by atoms with Crippen LogP contribution in [-0.4, -0.2) is 4.98 Å². The fraction of sp³-hybridized carbons (Fsp3) is 0.360. The quantitative estimate of drug-likeness (QED) is 0.368. The average molecular weight is 378 g/mol. The fourth-order valence-corrected chi connectivity index (χ4v) is 4.26. The predicted octanol–water partition coefficient (Wildman–Crippen LogP) is 8.44. The van der Waals surface area contributed by atoms with E-state index < -0.39 is 0 Å². The van der Waals surface area contributed by atoms with Crippen molar-refractivity contribution in [3.8, 4) is 0 Å². The number of hydrogen-bond acceptors (Lipinski definition) is 1. The minimum atomic E-state index is 0.615. The Labute approximate surface area is 167 Å². The van der Waals surface area contributed by atoms with Crippen molar-refractivity contribution < 1.29 is 0 Å². The number of benzene rings is 2. The van der Waals surface area contributed by atoms with Gasteiger partial charge in [0.25, 0.3) is 0 Å². The second-order valence-electron chi connectivity index (χ2n) is 8.23. The number of thiophene rings is 1. The van der Waals surface area contributed by atoms with Gasteiger partial charge < -0.3 is 4.98 Å². The smallest absolute Gasteiger partial charge is 0.0454 e. The minimum Gasteiger partial charge on any atom is -0.361 e. The summed E-state index contributed by atoms with van der Waals surface area (Å²) in [5.74, 6) is 1.88. The summed E-state index contributed by atoms with van der Waals surface area (Å²) in [6.07, 6.45) is 1.98. The first-order valence-corrected chi connectivity index (χ1v) is 10.8. The molecule has 0 unspecified atom stereocenters. The highest BCUT2D eigenvalue weighted by atomic mass is 32.1. The molecule has 27 heavy (non-hydrogen) atoms. The molecule has 2 heteroatoms. The Balaban J connectivity index is 0.000000159. The maximum absolute atomic E-state index is 3.19. The third-order valence-corrected chi connectivity index (χ3v) is 6.44. The Morgan fingerprint density at radius 2 is 1.33 bits per heavy atom. The van der Waals surface area contributed by atoms with Crippen molar-refractivity contribution >= 4 is 32.3 Å². The molecule has 0 radical (unpaired) electrons. The number of H-pyrrole nitrogens is 1. The molecule has 2 heterocycles. The molecule has 1 nitrogen and oxygen atoms in total. The van der Waals surface area contributed by atoms with E-state index in [0.29, 0.717) is 17.8 Å². The molecule has 0 aliphatic rings. The molecule has 4 rings (SSSR count). The molecule has 2 aromatic carbocycles. The van der Waals surface area contributed by atoms with Gasteiger partial charge in [0.15, 0.2) is 0 Å². The van der Waals surface area contributed by atoms with E-state index >= 15 is 0 Å². The zero-order chi connectivity index (χ0) is 19.6. The summed E-state index contributed by atoms with van der Waals surface area (Å²) >= 11 is 1.94. The second kappa shape index (κ2) is 8.31. The van der Waals surface area contributed by atoms with Crippen LogP contribution in [0.1, 0.15) is 75.3 Å². The Bertz CT molecular complexity index is 1010. The van der Waals surface area contributed by atoms with Gasteiger partial charge in [-0.15, -0.1) is 11.3 Å². The zero-order valence-corrected chi connectivity index (χ0v) is 18.2. The number of hydrogen-bond donors (Lipinski definition) is 1. The van der Waals surface area contributed by atoms with E-state index in [0.717, 1.165) is 0 Å². The van der Waals surface area contributed by atoms with Gasteiger partial charge in [-0.05, 0) is 70.0 Å². The van der Waals surface area contributed by atoms with E-state index in [1.165, 1.54) is 37.0 Å². The normalized spacial score (nSPS) is 11.6. The molecule has 0 fully saturated rings. The van der Waals surface area contributed by atoms with Crippen LogP contribution in [0.4, 0.5) is 0 Å². The fourth-order valence-electron chi connectivity index (χ4n) is 3.14. The lowest BCUT2D eigenvalue weighted by molar-refractivity contribution is 0.869. The summed E-state index contributed by atoms with van der Waals surface area (Å²) in [7, 11) is 0. The summed E-state index contributed by atoms with van der Waals surface area (Å²) in [6, 6.07) is 17.9. The van der Waals surface area contributed by atoms with Crippen LogP contribution in [0.5, 0.6) is 0 Å². The highest BCUT2D eigenvalue weighted by Crippen LogP contribution is 2.32. The summed E-state index contributed by atoms with van der Waals surface area (Å²) in [6.45, 7) is 13.4. The van der Waals surface area contributed by atoms with Crippen LogP contribution in [0.25, 0.3) is 21.0 Å². The highest BCUT2D eigenvalue weighted by Gasteiger charge is 2.07. The Hall–Kier alpha value is -2.06. The Kier molecular flexibility index (Phi) is 6.06. The largest absolute Gasteiger partial charge is 0.361 e. The van der Waals surface area contributed by atoms with E-state index in [4.69, 9.17) is 0 Å². The summed E-state index contributed by atoms with van der Waals surface area (Å²) in [5, 5.41) is 2.70. The summed E-state index contributed by atoms with van der Waals surface area (Å²) in [5.41, 5.74) is 4.07. The van der Waals surface area contributed by atoms with E-state index in [9.17, 15) is 0 Å². The van der Waals surface area contributed by atoms with E-state index in [1.54, 1.807) is 0 Å². The van der Waals surface area contributed by atoms with Crippen LogP contribution in [0.15, 0.2) is 54.7 Å². The number of nitrogens with one attached hydrogen (secondary N) is 1. The SMILES string of the molecule is CC(C)c1ccc2[nH]ccc2c1.CC(C)c1ccc2cc(C(C)C)sc2c1. The van der Waals surface area contributed by atoms with Gasteiger partial charge in [0.1, 0.15) is 0 Å². The van der Waals surface area contributed by atoms with Crippen LogP contribution in [0.3, 0.4) is 0 Å². The van der Waals surface area contributed by atoms with Crippen LogP contribution < -0.4 is 0 Å². The predicted molar refractivity (Wildman–Crippen MR) is 122 cm³/mol. The number of rotatable bonds is 3. The van der Waals surface area contributed by atoms with Crippen molar-refractivity contribution in [1.29, 1.82) is 0 Å². The Morgan fingerprint density at radius 3 is 2.00 bits per heavy atom. The van der Waals surface area contributed by atoms with Crippen LogP contribution in [-0.2, 0) is 0 Å². The van der Waals surface area contributed by atoms with Crippen LogP contribution in [0.2, 0.25) is 0 Å². The van der Waals surface area contributed by atoms with Crippen molar-refractivity contribution in [1.82, 2.24) is 4.98 Å². The van der Waals surface area contributed by atoms with E-state index in [-0.39, 0.29) is 0 Å². The molecule has 1 N–H and O–H groups in total.